The van der Waals surface area contributed by atoms with Gasteiger partial charge in [0.2, 0.25) is 0 Å². The van der Waals surface area contributed by atoms with Gasteiger partial charge in [0.1, 0.15) is 16.7 Å². The molecule has 0 atom stereocenters. The zero-order valence-electron chi connectivity index (χ0n) is 19.2. The number of nitrogens with zero attached hydrogens (tertiary/aromatic N) is 2. The normalized spacial score (nSPS) is 11.5. The van der Waals surface area contributed by atoms with Crippen LogP contribution >= 0.6 is 15.9 Å². The van der Waals surface area contributed by atoms with Crippen molar-refractivity contribution in [1.29, 1.82) is 0 Å². The van der Waals surface area contributed by atoms with E-state index in [1.165, 1.54) is 6.92 Å². The van der Waals surface area contributed by atoms with Gasteiger partial charge in [-0.25, -0.2) is 4.68 Å². The van der Waals surface area contributed by atoms with E-state index in [4.69, 9.17) is 15.6 Å². The second-order valence-corrected chi connectivity index (χ2v) is 9.11. The van der Waals surface area contributed by atoms with Crippen LogP contribution in [0.3, 0.4) is 0 Å². The maximum atomic E-state index is 11.4. The summed E-state index contributed by atoms with van der Waals surface area (Å²) >= 11 is 3.69. The lowest BCUT2D eigenvalue weighted by Gasteiger charge is -2.37. The molecule has 0 fully saturated rings. The van der Waals surface area contributed by atoms with Gasteiger partial charge in [0, 0.05) is 23.6 Å². The quantitative estimate of drug-likeness (QED) is 0.161. The van der Waals surface area contributed by atoms with Gasteiger partial charge in [-0.3, -0.25) is 4.79 Å². The van der Waals surface area contributed by atoms with Gasteiger partial charge in [-0.15, -0.1) is 0 Å². The average Bonchev–Trinajstić information content (AvgIpc) is 3.20. The van der Waals surface area contributed by atoms with E-state index in [0.29, 0.717) is 10.3 Å². The first kappa shape index (κ1) is 22.9. The summed E-state index contributed by atoms with van der Waals surface area (Å²) in [5.74, 6) is -0.351. The number of hydrogen-bond donors (Lipinski definition) is 1. The zero-order valence-corrected chi connectivity index (χ0v) is 20.8. The standard InChI is InChI=1S/C29H24BrN3O2/c1-20(34)35-19-21-17-25-27(18-26(21)31)33(32-28(25)30)29(22-11-5-2-6-12-22,23-13-7-3-8-14-23)24-15-9-4-10-16-24/h2-18H,19,31H2,1H3. The van der Waals surface area contributed by atoms with Gasteiger partial charge in [-0.05, 0) is 44.8 Å². The van der Waals surface area contributed by atoms with E-state index in [9.17, 15) is 4.79 Å². The van der Waals surface area contributed by atoms with Gasteiger partial charge >= 0.3 is 5.97 Å². The maximum Gasteiger partial charge on any atom is 0.302 e. The number of carbonyl (C=O) groups excluding carboxylic acids is 1. The first-order valence-corrected chi connectivity index (χ1v) is 12.1. The molecule has 0 radical (unpaired) electrons. The minimum absolute atomic E-state index is 0.107. The van der Waals surface area contributed by atoms with Crippen LogP contribution in [-0.2, 0) is 21.7 Å². The molecule has 0 saturated carbocycles. The second kappa shape index (κ2) is 9.39. The molecule has 1 heterocycles. The summed E-state index contributed by atoms with van der Waals surface area (Å²) in [6.45, 7) is 1.49. The number of rotatable bonds is 6. The van der Waals surface area contributed by atoms with Gasteiger partial charge in [0.25, 0.3) is 0 Å². The van der Waals surface area contributed by atoms with Crippen LogP contribution in [-0.4, -0.2) is 15.7 Å². The Hall–Kier alpha value is -3.90. The molecule has 0 spiro atoms. The van der Waals surface area contributed by atoms with Crippen molar-refractivity contribution in [2.45, 2.75) is 19.1 Å². The van der Waals surface area contributed by atoms with Gasteiger partial charge in [0.15, 0.2) is 0 Å². The van der Waals surface area contributed by atoms with Crippen LogP contribution in [0.15, 0.2) is 108 Å². The number of esters is 1. The number of aromatic nitrogens is 2. The molecule has 0 bridgehead atoms. The highest BCUT2D eigenvalue weighted by atomic mass is 79.9. The molecule has 2 N–H and O–H groups in total. The molecule has 0 unspecified atom stereocenters. The van der Waals surface area contributed by atoms with Crippen LogP contribution in [0.4, 0.5) is 5.69 Å². The largest absolute Gasteiger partial charge is 0.461 e. The van der Waals surface area contributed by atoms with Crippen molar-refractivity contribution in [1.82, 2.24) is 9.78 Å². The number of halogens is 1. The van der Waals surface area contributed by atoms with Crippen molar-refractivity contribution >= 4 is 38.5 Å². The zero-order chi connectivity index (χ0) is 24.4. The average molecular weight is 526 g/mol. The van der Waals surface area contributed by atoms with Crippen molar-refractivity contribution < 1.29 is 9.53 Å². The third-order valence-corrected chi connectivity index (χ3v) is 6.80. The number of nitrogens with two attached hydrogens (primary N) is 1. The molecule has 0 aliphatic heterocycles. The smallest absolute Gasteiger partial charge is 0.302 e. The van der Waals surface area contributed by atoms with Gasteiger partial charge in [0.05, 0.1) is 5.52 Å². The van der Waals surface area contributed by atoms with Crippen LogP contribution in [0.5, 0.6) is 0 Å². The molecule has 5 nitrogen and oxygen atoms in total. The molecule has 4 aromatic carbocycles. The summed E-state index contributed by atoms with van der Waals surface area (Å²) in [5.41, 5.74) is 11.0. The lowest BCUT2D eigenvalue weighted by molar-refractivity contribution is -0.142. The van der Waals surface area contributed by atoms with Crippen molar-refractivity contribution in [3.8, 4) is 0 Å². The Bertz CT molecular complexity index is 1390. The molecule has 1 aromatic heterocycles. The van der Waals surface area contributed by atoms with Crippen molar-refractivity contribution in [2.75, 3.05) is 5.73 Å². The Labute approximate surface area is 212 Å². The summed E-state index contributed by atoms with van der Waals surface area (Å²) in [5, 5.41) is 5.92. The van der Waals surface area contributed by atoms with Gasteiger partial charge < -0.3 is 10.5 Å². The number of ether oxygens (including phenoxy) is 1. The predicted octanol–water partition coefficient (Wildman–Crippen LogP) is 6.28. The summed E-state index contributed by atoms with van der Waals surface area (Å²) < 4.78 is 7.94. The number of carbonyl (C=O) groups is 1. The van der Waals surface area contributed by atoms with E-state index in [2.05, 4.69) is 52.3 Å². The number of nitrogen functional groups attached to an aromatic ring is 1. The highest BCUT2D eigenvalue weighted by Gasteiger charge is 2.40. The molecule has 0 amide bonds. The summed E-state index contributed by atoms with van der Waals surface area (Å²) in [6.07, 6.45) is 0. The van der Waals surface area contributed by atoms with E-state index < -0.39 is 5.54 Å². The van der Waals surface area contributed by atoms with E-state index in [1.54, 1.807) is 0 Å². The molecule has 6 heteroatoms. The molecule has 5 aromatic rings. The minimum atomic E-state index is -0.766. The molecule has 0 aliphatic rings. The lowest BCUT2D eigenvalue weighted by atomic mass is 9.77. The molecular formula is C29H24BrN3O2. The van der Waals surface area contributed by atoms with Crippen molar-refractivity contribution in [3.63, 3.8) is 0 Å². The number of anilines is 1. The Morgan fingerprint density at radius 3 is 1.83 bits per heavy atom. The second-order valence-electron chi connectivity index (χ2n) is 8.36. The SMILES string of the molecule is CC(=O)OCc1cc2c(Br)nn(C(c3ccccc3)(c3ccccc3)c3ccccc3)c2cc1N. The van der Waals surface area contributed by atoms with Crippen LogP contribution in [0.2, 0.25) is 0 Å². The van der Waals surface area contributed by atoms with Crippen molar-refractivity contribution in [3.05, 3.63) is 130 Å². The maximum absolute atomic E-state index is 11.4. The first-order valence-electron chi connectivity index (χ1n) is 11.3. The first-order chi connectivity index (χ1) is 17.0. The third kappa shape index (κ3) is 4.00. The summed E-state index contributed by atoms with van der Waals surface area (Å²) in [7, 11) is 0. The van der Waals surface area contributed by atoms with Gasteiger partial charge in [-0.2, -0.15) is 5.10 Å². The third-order valence-electron chi connectivity index (χ3n) is 6.22. The molecule has 35 heavy (non-hydrogen) atoms. The highest BCUT2D eigenvalue weighted by molar-refractivity contribution is 9.10. The number of hydrogen-bond acceptors (Lipinski definition) is 4. The Balaban J connectivity index is 1.87. The fraction of sp³-hybridized carbons (Fsp3) is 0.103. The van der Waals surface area contributed by atoms with Crippen molar-refractivity contribution in [2.24, 2.45) is 0 Å². The monoisotopic (exact) mass is 525 g/mol. The number of fused-ring (bicyclic) bond motifs is 1. The van der Waals surface area contributed by atoms with Crippen LogP contribution < -0.4 is 5.73 Å². The summed E-state index contributed by atoms with van der Waals surface area (Å²) in [4.78, 5) is 11.4. The lowest BCUT2D eigenvalue weighted by Crippen LogP contribution is -2.38. The van der Waals surface area contributed by atoms with E-state index in [1.807, 2.05) is 71.4 Å². The molecule has 0 aliphatic carbocycles. The Kier molecular flexibility index (Phi) is 6.14. The Morgan fingerprint density at radius 2 is 1.37 bits per heavy atom. The Morgan fingerprint density at radius 1 is 0.886 bits per heavy atom. The van der Waals surface area contributed by atoms with Gasteiger partial charge in [-0.1, -0.05) is 91.0 Å². The van der Waals surface area contributed by atoms with E-state index in [-0.39, 0.29) is 12.6 Å². The van der Waals surface area contributed by atoms with E-state index >= 15 is 0 Å². The van der Waals surface area contributed by atoms with Crippen LogP contribution in [0, 0.1) is 0 Å². The topological polar surface area (TPSA) is 70.1 Å². The minimum Gasteiger partial charge on any atom is -0.461 e. The van der Waals surface area contributed by atoms with Crippen LogP contribution in [0.25, 0.3) is 10.9 Å². The molecule has 0 saturated heterocycles. The molecular weight excluding hydrogens is 502 g/mol. The van der Waals surface area contributed by atoms with E-state index in [0.717, 1.165) is 33.2 Å². The molecule has 174 valence electrons. The fourth-order valence-electron chi connectivity index (χ4n) is 4.65. The summed E-state index contributed by atoms with van der Waals surface area (Å²) in [6, 6.07) is 34.9. The predicted molar refractivity (Wildman–Crippen MR) is 142 cm³/mol. The molecule has 5 rings (SSSR count). The number of benzene rings is 4. The highest BCUT2D eigenvalue weighted by Crippen LogP contribution is 2.43. The van der Waals surface area contributed by atoms with Crippen LogP contribution in [0.1, 0.15) is 29.2 Å². The fourth-order valence-corrected chi connectivity index (χ4v) is 5.13.